The molecule has 1 atom stereocenters. The minimum atomic E-state index is -0.332. The summed E-state index contributed by atoms with van der Waals surface area (Å²) in [4.78, 5) is 44.9. The van der Waals surface area contributed by atoms with E-state index in [0.29, 0.717) is 11.3 Å². The zero-order valence-corrected chi connectivity index (χ0v) is 15.9. The number of hydrogen-bond donors (Lipinski definition) is 1. The molecule has 28 heavy (non-hydrogen) atoms. The van der Waals surface area contributed by atoms with Crippen molar-refractivity contribution in [2.75, 3.05) is 36.0 Å². The summed E-state index contributed by atoms with van der Waals surface area (Å²) < 4.78 is 0. The number of benzene rings is 1. The predicted octanol–water partition coefficient (Wildman–Crippen LogP) is -0.260. The Balaban J connectivity index is 1.44. The zero-order valence-electron chi connectivity index (χ0n) is 15.9. The molecule has 0 spiro atoms. The zero-order chi connectivity index (χ0) is 19.7. The fraction of sp³-hybridized carbons (Fsp3) is 0.333. The molecule has 0 unspecified atom stereocenters. The molecule has 4 rings (SSSR count). The first-order valence-electron chi connectivity index (χ1n) is 9.58. The molecule has 0 radical (unpaired) electrons. The molecule has 2 fully saturated rings. The third kappa shape index (κ3) is 3.41. The van der Waals surface area contributed by atoms with E-state index in [0.717, 1.165) is 36.9 Å². The van der Waals surface area contributed by atoms with Crippen molar-refractivity contribution in [2.45, 2.75) is 19.4 Å². The SMILES string of the molecule is CC(=O)c1ccc(N2C(=O)C[C@H]([NH+]3CCN(c4cccc[nH+]4)CC3)C2=O)cc1. The van der Waals surface area contributed by atoms with Gasteiger partial charge in [-0.15, -0.1) is 0 Å². The van der Waals surface area contributed by atoms with E-state index in [9.17, 15) is 14.4 Å². The van der Waals surface area contributed by atoms with Crippen molar-refractivity contribution in [1.82, 2.24) is 0 Å². The molecule has 0 aliphatic carbocycles. The van der Waals surface area contributed by atoms with Gasteiger partial charge in [-0.1, -0.05) is 6.07 Å². The van der Waals surface area contributed by atoms with Crippen LogP contribution < -0.4 is 19.7 Å². The summed E-state index contributed by atoms with van der Waals surface area (Å²) in [6, 6.07) is 12.3. The summed E-state index contributed by atoms with van der Waals surface area (Å²) in [5, 5.41) is 0. The molecular weight excluding hydrogens is 356 g/mol. The number of H-pyrrole nitrogens is 1. The number of piperazine rings is 1. The van der Waals surface area contributed by atoms with Crippen molar-refractivity contribution < 1.29 is 24.3 Å². The highest BCUT2D eigenvalue weighted by Crippen LogP contribution is 2.22. The smallest absolute Gasteiger partial charge is 0.292 e. The van der Waals surface area contributed by atoms with E-state index in [1.54, 1.807) is 24.3 Å². The van der Waals surface area contributed by atoms with E-state index in [1.165, 1.54) is 11.8 Å². The quantitative estimate of drug-likeness (QED) is 0.586. The molecule has 2 aromatic rings. The maximum Gasteiger partial charge on any atom is 0.292 e. The number of carbonyl (C=O) groups is 3. The van der Waals surface area contributed by atoms with Crippen molar-refractivity contribution >= 4 is 29.1 Å². The molecule has 1 aromatic carbocycles. The number of amides is 2. The largest absolute Gasteiger partial charge is 0.318 e. The lowest BCUT2D eigenvalue weighted by atomic mass is 10.1. The highest BCUT2D eigenvalue weighted by molar-refractivity contribution is 6.22. The van der Waals surface area contributed by atoms with Crippen LogP contribution in [0.15, 0.2) is 48.7 Å². The van der Waals surface area contributed by atoms with E-state index in [4.69, 9.17) is 0 Å². The summed E-state index contributed by atoms with van der Waals surface area (Å²) in [6.07, 6.45) is 2.14. The number of pyridine rings is 1. The van der Waals surface area contributed by atoms with Gasteiger partial charge in [0.15, 0.2) is 11.8 Å². The number of nitrogens with one attached hydrogen (secondary N) is 2. The number of aromatic amines is 1. The molecule has 2 N–H and O–H groups in total. The minimum absolute atomic E-state index is 0.0403. The Labute approximate surface area is 163 Å². The lowest BCUT2D eigenvalue weighted by Gasteiger charge is -2.31. The number of Topliss-reactive ketones (excluding diaryl/α,β-unsaturated/α-hetero) is 1. The van der Waals surface area contributed by atoms with Crippen molar-refractivity contribution in [3.8, 4) is 0 Å². The number of anilines is 2. The Morgan fingerprint density at radius 1 is 1.07 bits per heavy atom. The molecule has 144 valence electrons. The Hall–Kier alpha value is -3.06. The van der Waals surface area contributed by atoms with Gasteiger partial charge in [0.2, 0.25) is 5.91 Å². The van der Waals surface area contributed by atoms with Crippen LogP contribution in [-0.2, 0) is 9.59 Å². The molecule has 0 saturated carbocycles. The second kappa shape index (κ2) is 7.52. The van der Waals surface area contributed by atoms with Crippen molar-refractivity contribution in [1.29, 1.82) is 0 Å². The van der Waals surface area contributed by atoms with Crippen LogP contribution in [0.4, 0.5) is 11.5 Å². The van der Waals surface area contributed by atoms with Crippen LogP contribution in [-0.4, -0.2) is 49.8 Å². The molecular formula is C21H24N4O3+2. The van der Waals surface area contributed by atoms with Crippen LogP contribution in [0.3, 0.4) is 0 Å². The van der Waals surface area contributed by atoms with E-state index in [-0.39, 0.29) is 30.1 Å². The lowest BCUT2D eigenvalue weighted by Crippen LogP contribution is -3.19. The molecule has 7 nitrogen and oxygen atoms in total. The molecule has 3 heterocycles. The standard InChI is InChI=1S/C21H22N4O3/c1-15(26)16-5-7-17(8-6-16)25-20(27)14-18(21(25)28)23-10-12-24(13-11-23)19-4-2-3-9-22-19/h2-9,18H,10-14H2,1H3/p+2/t18-/m0/s1. The highest BCUT2D eigenvalue weighted by Gasteiger charge is 2.47. The van der Waals surface area contributed by atoms with Gasteiger partial charge in [0.25, 0.3) is 11.7 Å². The molecule has 2 saturated heterocycles. The van der Waals surface area contributed by atoms with Gasteiger partial charge in [0.1, 0.15) is 26.2 Å². The van der Waals surface area contributed by atoms with Gasteiger partial charge in [0.05, 0.1) is 18.3 Å². The fourth-order valence-electron chi connectivity index (χ4n) is 4.03. The molecule has 0 bridgehead atoms. The van der Waals surface area contributed by atoms with Gasteiger partial charge < -0.3 is 4.90 Å². The van der Waals surface area contributed by atoms with Gasteiger partial charge in [-0.3, -0.25) is 19.3 Å². The average molecular weight is 380 g/mol. The van der Waals surface area contributed by atoms with Gasteiger partial charge in [-0.25, -0.2) is 9.88 Å². The van der Waals surface area contributed by atoms with Crippen molar-refractivity contribution in [3.63, 3.8) is 0 Å². The number of ketones is 1. The van der Waals surface area contributed by atoms with Crippen molar-refractivity contribution in [3.05, 3.63) is 54.2 Å². The number of nitrogens with zero attached hydrogens (tertiary/aromatic N) is 2. The summed E-state index contributed by atoms with van der Waals surface area (Å²) in [5.74, 6) is 0.719. The third-order valence-corrected chi connectivity index (χ3v) is 5.61. The van der Waals surface area contributed by atoms with Crippen LogP contribution in [0, 0.1) is 0 Å². The van der Waals surface area contributed by atoms with E-state index in [1.807, 2.05) is 24.4 Å². The Morgan fingerprint density at radius 3 is 2.39 bits per heavy atom. The fourth-order valence-corrected chi connectivity index (χ4v) is 4.03. The summed E-state index contributed by atoms with van der Waals surface area (Å²) >= 11 is 0. The van der Waals surface area contributed by atoms with Gasteiger partial charge in [-0.2, -0.15) is 0 Å². The second-order valence-corrected chi connectivity index (χ2v) is 7.32. The topological polar surface area (TPSA) is 76.3 Å². The summed E-state index contributed by atoms with van der Waals surface area (Å²) in [5.41, 5.74) is 1.11. The van der Waals surface area contributed by atoms with Gasteiger partial charge in [0, 0.05) is 11.6 Å². The Bertz CT molecular complexity index is 890. The van der Waals surface area contributed by atoms with Crippen LogP contribution in [0.25, 0.3) is 0 Å². The average Bonchev–Trinajstić information content (AvgIpc) is 3.03. The van der Waals surface area contributed by atoms with Crippen LogP contribution >= 0.6 is 0 Å². The molecule has 2 amide bonds. The number of carbonyl (C=O) groups excluding carboxylic acids is 3. The summed E-state index contributed by atoms with van der Waals surface area (Å²) in [7, 11) is 0. The van der Waals surface area contributed by atoms with E-state index >= 15 is 0 Å². The molecule has 2 aliphatic rings. The summed E-state index contributed by atoms with van der Waals surface area (Å²) in [6.45, 7) is 4.78. The monoisotopic (exact) mass is 380 g/mol. The lowest BCUT2D eigenvalue weighted by molar-refractivity contribution is -0.915. The van der Waals surface area contributed by atoms with Gasteiger partial charge in [-0.05, 0) is 37.3 Å². The first kappa shape index (κ1) is 18.3. The molecule has 7 heteroatoms. The maximum absolute atomic E-state index is 13.0. The number of rotatable bonds is 4. The predicted molar refractivity (Wildman–Crippen MR) is 103 cm³/mol. The third-order valence-electron chi connectivity index (χ3n) is 5.61. The first-order valence-corrected chi connectivity index (χ1v) is 9.58. The van der Waals surface area contributed by atoms with Crippen LogP contribution in [0.2, 0.25) is 0 Å². The van der Waals surface area contributed by atoms with E-state index < -0.39 is 0 Å². The number of aromatic nitrogens is 1. The Kier molecular flexibility index (Phi) is 4.92. The van der Waals surface area contributed by atoms with Crippen molar-refractivity contribution in [2.24, 2.45) is 0 Å². The number of imide groups is 1. The maximum atomic E-state index is 13.0. The van der Waals surface area contributed by atoms with E-state index in [2.05, 4.69) is 9.88 Å². The van der Waals surface area contributed by atoms with Gasteiger partial charge >= 0.3 is 0 Å². The Morgan fingerprint density at radius 2 is 1.79 bits per heavy atom. The first-order chi connectivity index (χ1) is 13.5. The highest BCUT2D eigenvalue weighted by atomic mass is 16.2. The van der Waals surface area contributed by atoms with Crippen LogP contribution in [0.1, 0.15) is 23.7 Å². The number of quaternary nitrogens is 1. The second-order valence-electron chi connectivity index (χ2n) is 7.32. The molecule has 2 aliphatic heterocycles. The minimum Gasteiger partial charge on any atom is -0.318 e. The van der Waals surface area contributed by atoms with Crippen LogP contribution in [0.5, 0.6) is 0 Å². The normalized spacial score (nSPS) is 20.7. The molecule has 1 aromatic heterocycles. The number of hydrogen-bond acceptors (Lipinski definition) is 4.